The molecule has 0 saturated carbocycles. The average Bonchev–Trinajstić information content (AvgIpc) is 2.42. The number of hydrogen-bond acceptors (Lipinski definition) is 3. The molecule has 1 aliphatic heterocycles. The lowest BCUT2D eigenvalue weighted by molar-refractivity contribution is 0.136. The van der Waals surface area contributed by atoms with E-state index in [-0.39, 0.29) is 0 Å². The maximum atomic E-state index is 9.38. The molecule has 1 heterocycles. The largest absolute Gasteiger partial charge is 0.508 e. The van der Waals surface area contributed by atoms with Crippen LogP contribution in [0.15, 0.2) is 24.3 Å². The zero-order chi connectivity index (χ0) is 13.0. The molecule has 2 atom stereocenters. The van der Waals surface area contributed by atoms with Gasteiger partial charge in [0.25, 0.3) is 0 Å². The van der Waals surface area contributed by atoms with Crippen LogP contribution in [0, 0.1) is 0 Å². The Hall–Kier alpha value is -1.06. The molecule has 1 aliphatic rings. The number of phenolic OH excluding ortho intramolecular Hbond substituents is 1. The van der Waals surface area contributed by atoms with Crippen LogP contribution in [-0.2, 0) is 0 Å². The van der Waals surface area contributed by atoms with Gasteiger partial charge in [-0.1, -0.05) is 19.1 Å². The molecule has 2 unspecified atom stereocenters. The van der Waals surface area contributed by atoms with Crippen LogP contribution in [0.4, 0.5) is 0 Å². The Bertz CT molecular complexity index is 363. The normalized spacial score (nSPS) is 22.9. The van der Waals surface area contributed by atoms with Gasteiger partial charge in [-0.05, 0) is 50.6 Å². The summed E-state index contributed by atoms with van der Waals surface area (Å²) in [5.41, 5.74) is 1.31. The lowest BCUT2D eigenvalue weighted by Crippen LogP contribution is -2.45. The molecule has 0 aromatic heterocycles. The molecule has 2 N–H and O–H groups in total. The van der Waals surface area contributed by atoms with E-state index in [1.54, 1.807) is 12.1 Å². The van der Waals surface area contributed by atoms with Crippen molar-refractivity contribution in [2.75, 3.05) is 20.1 Å². The summed E-state index contributed by atoms with van der Waals surface area (Å²) in [6.45, 7) is 4.54. The summed E-state index contributed by atoms with van der Waals surface area (Å²) in [5, 5.41) is 12.8. The minimum Gasteiger partial charge on any atom is -0.508 e. The van der Waals surface area contributed by atoms with Crippen molar-refractivity contribution in [3.05, 3.63) is 29.8 Å². The van der Waals surface area contributed by atoms with Crippen molar-refractivity contribution in [1.29, 1.82) is 0 Å². The third-order valence-corrected chi connectivity index (χ3v) is 3.97. The van der Waals surface area contributed by atoms with Gasteiger partial charge in [-0.25, -0.2) is 0 Å². The number of likely N-dealkylation sites (tertiary alicyclic amines) is 1. The molecule has 0 radical (unpaired) electrons. The van der Waals surface area contributed by atoms with Gasteiger partial charge in [0, 0.05) is 18.6 Å². The maximum Gasteiger partial charge on any atom is 0.115 e. The number of nitrogens with zero attached hydrogens (tertiary/aromatic N) is 1. The first kappa shape index (κ1) is 13.4. The molecule has 1 fully saturated rings. The van der Waals surface area contributed by atoms with E-state index in [4.69, 9.17) is 0 Å². The summed E-state index contributed by atoms with van der Waals surface area (Å²) in [4.78, 5) is 2.57. The SMILES string of the molecule is CCC(c1ccc(O)cc1)N1CCCC(NC)C1. The predicted octanol–water partition coefficient (Wildman–Crippen LogP) is 2.53. The highest BCUT2D eigenvalue weighted by molar-refractivity contribution is 5.28. The van der Waals surface area contributed by atoms with Crippen molar-refractivity contribution in [3.8, 4) is 5.75 Å². The van der Waals surface area contributed by atoms with Gasteiger partial charge in [-0.2, -0.15) is 0 Å². The summed E-state index contributed by atoms with van der Waals surface area (Å²) >= 11 is 0. The van der Waals surface area contributed by atoms with Crippen molar-refractivity contribution in [1.82, 2.24) is 10.2 Å². The van der Waals surface area contributed by atoms with Gasteiger partial charge in [-0.3, -0.25) is 4.90 Å². The Balaban J connectivity index is 2.10. The molecule has 1 aromatic carbocycles. The average molecular weight is 248 g/mol. The fraction of sp³-hybridized carbons (Fsp3) is 0.600. The maximum absolute atomic E-state index is 9.38. The van der Waals surface area contributed by atoms with Crippen molar-refractivity contribution >= 4 is 0 Å². The van der Waals surface area contributed by atoms with Crippen molar-refractivity contribution in [2.24, 2.45) is 0 Å². The summed E-state index contributed by atoms with van der Waals surface area (Å²) in [7, 11) is 2.05. The van der Waals surface area contributed by atoms with E-state index in [1.165, 1.54) is 24.9 Å². The van der Waals surface area contributed by atoms with Crippen LogP contribution in [0.3, 0.4) is 0 Å². The summed E-state index contributed by atoms with van der Waals surface area (Å²) < 4.78 is 0. The summed E-state index contributed by atoms with van der Waals surface area (Å²) in [6.07, 6.45) is 3.65. The third-order valence-electron chi connectivity index (χ3n) is 3.97. The Morgan fingerprint density at radius 3 is 2.72 bits per heavy atom. The van der Waals surface area contributed by atoms with Gasteiger partial charge in [0.05, 0.1) is 0 Å². The Labute approximate surface area is 110 Å². The van der Waals surface area contributed by atoms with Gasteiger partial charge < -0.3 is 10.4 Å². The highest BCUT2D eigenvalue weighted by Gasteiger charge is 2.24. The first-order chi connectivity index (χ1) is 8.74. The molecular formula is C15H24N2O. The van der Waals surface area contributed by atoms with Crippen LogP contribution < -0.4 is 5.32 Å². The lowest BCUT2D eigenvalue weighted by Gasteiger charge is -2.38. The number of likely N-dealkylation sites (N-methyl/N-ethyl adjacent to an activating group) is 1. The topological polar surface area (TPSA) is 35.5 Å². The number of hydrogen-bond donors (Lipinski definition) is 2. The number of benzene rings is 1. The third kappa shape index (κ3) is 3.03. The standard InChI is InChI=1S/C15H24N2O/c1-3-15(12-6-8-14(18)9-7-12)17-10-4-5-13(11-17)16-2/h6-9,13,15-16,18H,3-5,10-11H2,1-2H3. The van der Waals surface area contributed by atoms with Gasteiger partial charge in [0.2, 0.25) is 0 Å². The van der Waals surface area contributed by atoms with Gasteiger partial charge in [0.15, 0.2) is 0 Å². The van der Waals surface area contributed by atoms with Crippen LogP contribution in [-0.4, -0.2) is 36.2 Å². The molecule has 0 aliphatic carbocycles. The molecule has 0 bridgehead atoms. The number of phenols is 1. The van der Waals surface area contributed by atoms with Crippen molar-refractivity contribution in [3.63, 3.8) is 0 Å². The van der Waals surface area contributed by atoms with Crippen molar-refractivity contribution < 1.29 is 5.11 Å². The lowest BCUT2D eigenvalue weighted by atomic mass is 9.98. The zero-order valence-electron chi connectivity index (χ0n) is 11.4. The smallest absolute Gasteiger partial charge is 0.115 e. The van der Waals surface area contributed by atoms with Crippen LogP contribution in [0.1, 0.15) is 37.8 Å². The van der Waals surface area contributed by atoms with Crippen LogP contribution >= 0.6 is 0 Å². The second-order valence-corrected chi connectivity index (χ2v) is 5.14. The van der Waals surface area contributed by atoms with E-state index in [0.29, 0.717) is 17.8 Å². The molecule has 1 saturated heterocycles. The molecule has 100 valence electrons. The molecule has 18 heavy (non-hydrogen) atoms. The molecule has 2 rings (SSSR count). The summed E-state index contributed by atoms with van der Waals surface area (Å²) in [5.74, 6) is 0.348. The van der Waals surface area contributed by atoms with Crippen molar-refractivity contribution in [2.45, 2.75) is 38.3 Å². The highest BCUT2D eigenvalue weighted by Crippen LogP contribution is 2.28. The van der Waals surface area contributed by atoms with E-state index in [2.05, 4.69) is 24.2 Å². The van der Waals surface area contributed by atoms with Gasteiger partial charge in [-0.15, -0.1) is 0 Å². The highest BCUT2D eigenvalue weighted by atomic mass is 16.3. The molecule has 3 nitrogen and oxygen atoms in total. The fourth-order valence-corrected chi connectivity index (χ4v) is 2.93. The van der Waals surface area contributed by atoms with Crippen LogP contribution in [0.2, 0.25) is 0 Å². The Morgan fingerprint density at radius 2 is 2.11 bits per heavy atom. The first-order valence-corrected chi connectivity index (χ1v) is 6.94. The number of piperidine rings is 1. The van der Waals surface area contributed by atoms with E-state index in [1.807, 2.05) is 12.1 Å². The predicted molar refractivity (Wildman–Crippen MR) is 74.8 cm³/mol. The quantitative estimate of drug-likeness (QED) is 0.859. The molecule has 3 heteroatoms. The first-order valence-electron chi connectivity index (χ1n) is 6.94. The fourth-order valence-electron chi connectivity index (χ4n) is 2.93. The zero-order valence-corrected chi connectivity index (χ0v) is 11.4. The number of rotatable bonds is 4. The van der Waals surface area contributed by atoms with E-state index >= 15 is 0 Å². The minimum atomic E-state index is 0.348. The van der Waals surface area contributed by atoms with Crippen LogP contribution in [0.5, 0.6) is 5.75 Å². The Kier molecular flexibility index (Phi) is 4.61. The van der Waals surface area contributed by atoms with E-state index < -0.39 is 0 Å². The molecular weight excluding hydrogens is 224 g/mol. The second kappa shape index (κ2) is 6.21. The molecule has 0 amide bonds. The van der Waals surface area contributed by atoms with Crippen LogP contribution in [0.25, 0.3) is 0 Å². The number of aromatic hydroxyl groups is 1. The minimum absolute atomic E-state index is 0.348. The second-order valence-electron chi connectivity index (χ2n) is 5.14. The summed E-state index contributed by atoms with van der Waals surface area (Å²) in [6, 6.07) is 8.76. The Morgan fingerprint density at radius 1 is 1.39 bits per heavy atom. The van der Waals surface area contributed by atoms with E-state index in [0.717, 1.165) is 13.0 Å². The monoisotopic (exact) mass is 248 g/mol. The van der Waals surface area contributed by atoms with Gasteiger partial charge in [0.1, 0.15) is 5.75 Å². The molecule has 1 aromatic rings. The number of nitrogens with one attached hydrogen (secondary N) is 1. The van der Waals surface area contributed by atoms with E-state index in [9.17, 15) is 5.11 Å². The van der Waals surface area contributed by atoms with Gasteiger partial charge >= 0.3 is 0 Å². The molecule has 0 spiro atoms.